The SMILES string of the molecule is O=C1/C(=C\NCc2ccccc2)[C@@](O)(C(F)(F)F)Oc2ccccc21. The van der Waals surface area contributed by atoms with Crippen molar-refractivity contribution in [1.29, 1.82) is 0 Å². The van der Waals surface area contributed by atoms with Gasteiger partial charge < -0.3 is 15.2 Å². The van der Waals surface area contributed by atoms with E-state index in [4.69, 9.17) is 4.74 Å². The van der Waals surface area contributed by atoms with E-state index in [1.165, 1.54) is 24.3 Å². The van der Waals surface area contributed by atoms with Gasteiger partial charge in [-0.15, -0.1) is 0 Å². The van der Waals surface area contributed by atoms with Crippen LogP contribution < -0.4 is 10.1 Å². The number of hydrogen-bond acceptors (Lipinski definition) is 4. The van der Waals surface area contributed by atoms with Gasteiger partial charge in [0.2, 0.25) is 5.78 Å². The number of halogens is 3. The van der Waals surface area contributed by atoms with E-state index in [9.17, 15) is 23.1 Å². The highest BCUT2D eigenvalue weighted by Crippen LogP contribution is 2.44. The average Bonchev–Trinajstić information content (AvgIpc) is 2.58. The maximum atomic E-state index is 13.4. The molecule has 0 fully saturated rings. The number of rotatable bonds is 3. The normalized spacial score (nSPS) is 21.6. The number of carbonyl (C=O) groups is 1. The van der Waals surface area contributed by atoms with Crippen molar-refractivity contribution in [2.75, 3.05) is 0 Å². The van der Waals surface area contributed by atoms with Crippen LogP contribution in [-0.2, 0) is 6.54 Å². The average molecular weight is 349 g/mol. The van der Waals surface area contributed by atoms with Crippen LogP contribution in [0.25, 0.3) is 0 Å². The molecule has 130 valence electrons. The second kappa shape index (κ2) is 6.25. The first-order valence-corrected chi connectivity index (χ1v) is 7.43. The van der Waals surface area contributed by atoms with Crippen molar-refractivity contribution in [1.82, 2.24) is 5.32 Å². The molecule has 1 heterocycles. The van der Waals surface area contributed by atoms with Crippen LogP contribution in [0.15, 0.2) is 66.4 Å². The fraction of sp³-hybridized carbons (Fsp3) is 0.167. The summed E-state index contributed by atoms with van der Waals surface area (Å²) < 4.78 is 45.0. The molecule has 7 heteroatoms. The predicted octanol–water partition coefficient (Wildman–Crippen LogP) is 3.19. The van der Waals surface area contributed by atoms with E-state index in [1.54, 1.807) is 30.3 Å². The quantitative estimate of drug-likeness (QED) is 0.836. The zero-order valence-corrected chi connectivity index (χ0v) is 12.9. The summed E-state index contributed by atoms with van der Waals surface area (Å²) in [5.41, 5.74) is -0.140. The van der Waals surface area contributed by atoms with Crippen molar-refractivity contribution >= 4 is 5.78 Å². The van der Waals surface area contributed by atoms with Crippen molar-refractivity contribution in [2.45, 2.75) is 18.5 Å². The van der Waals surface area contributed by atoms with Crippen molar-refractivity contribution < 1.29 is 27.8 Å². The van der Waals surface area contributed by atoms with E-state index in [0.29, 0.717) is 0 Å². The first kappa shape index (κ1) is 17.0. The Balaban J connectivity index is 1.96. The minimum Gasteiger partial charge on any atom is -0.449 e. The van der Waals surface area contributed by atoms with E-state index < -0.39 is 23.3 Å². The Morgan fingerprint density at radius 3 is 2.40 bits per heavy atom. The van der Waals surface area contributed by atoms with Gasteiger partial charge in [0.05, 0.1) is 11.1 Å². The number of alkyl halides is 3. The van der Waals surface area contributed by atoms with Crippen molar-refractivity contribution in [3.8, 4) is 5.75 Å². The van der Waals surface area contributed by atoms with E-state index in [-0.39, 0.29) is 17.9 Å². The molecular weight excluding hydrogens is 335 g/mol. The summed E-state index contributed by atoms with van der Waals surface area (Å²) in [6, 6.07) is 14.4. The fourth-order valence-corrected chi connectivity index (χ4v) is 2.50. The summed E-state index contributed by atoms with van der Waals surface area (Å²) in [6.07, 6.45) is -4.32. The lowest BCUT2D eigenvalue weighted by molar-refractivity contribution is -0.315. The van der Waals surface area contributed by atoms with Crippen LogP contribution in [0.1, 0.15) is 15.9 Å². The summed E-state index contributed by atoms with van der Waals surface area (Å²) in [5.74, 6) is -4.96. The van der Waals surface area contributed by atoms with Gasteiger partial charge in [-0.1, -0.05) is 42.5 Å². The minimum atomic E-state index is -5.18. The Morgan fingerprint density at radius 2 is 1.72 bits per heavy atom. The molecule has 0 spiro atoms. The van der Waals surface area contributed by atoms with Crippen LogP contribution >= 0.6 is 0 Å². The molecule has 25 heavy (non-hydrogen) atoms. The van der Waals surface area contributed by atoms with Crippen molar-refractivity contribution in [2.24, 2.45) is 0 Å². The Labute approximate surface area is 141 Å². The summed E-state index contributed by atoms with van der Waals surface area (Å²) >= 11 is 0. The first-order valence-electron chi connectivity index (χ1n) is 7.43. The molecule has 1 atom stereocenters. The van der Waals surface area contributed by atoms with E-state index in [0.717, 1.165) is 11.8 Å². The lowest BCUT2D eigenvalue weighted by Gasteiger charge is -2.36. The molecule has 2 aromatic rings. The van der Waals surface area contributed by atoms with Crippen molar-refractivity contribution in [3.63, 3.8) is 0 Å². The maximum absolute atomic E-state index is 13.4. The lowest BCUT2D eigenvalue weighted by Crippen LogP contribution is -2.56. The zero-order valence-electron chi connectivity index (χ0n) is 12.9. The molecule has 0 amide bonds. The summed E-state index contributed by atoms with van der Waals surface area (Å²) in [5, 5.41) is 12.7. The second-order valence-corrected chi connectivity index (χ2v) is 5.49. The first-order chi connectivity index (χ1) is 11.8. The molecule has 0 unspecified atom stereocenters. The number of Topliss-reactive ketones (excluding diaryl/α,β-unsaturated/α-hetero) is 1. The smallest absolute Gasteiger partial charge is 0.449 e. The Hall–Kier alpha value is -2.80. The third-order valence-electron chi connectivity index (χ3n) is 3.78. The molecule has 2 aromatic carbocycles. The Kier molecular flexibility index (Phi) is 4.26. The molecule has 3 rings (SSSR count). The number of fused-ring (bicyclic) bond motifs is 1. The van der Waals surface area contributed by atoms with Crippen LogP contribution in [0.5, 0.6) is 5.75 Å². The van der Waals surface area contributed by atoms with Gasteiger partial charge in [0, 0.05) is 12.7 Å². The third-order valence-corrected chi connectivity index (χ3v) is 3.78. The number of hydrogen-bond donors (Lipinski definition) is 2. The van der Waals surface area contributed by atoms with Crippen LogP contribution in [0.4, 0.5) is 13.2 Å². The van der Waals surface area contributed by atoms with Gasteiger partial charge in [-0.2, -0.15) is 13.2 Å². The van der Waals surface area contributed by atoms with E-state index in [2.05, 4.69) is 5.32 Å². The maximum Gasteiger partial charge on any atom is 0.460 e. The molecule has 0 bridgehead atoms. The molecule has 1 aliphatic heterocycles. The molecule has 0 aromatic heterocycles. The molecule has 0 saturated heterocycles. The molecule has 4 nitrogen and oxygen atoms in total. The lowest BCUT2D eigenvalue weighted by atomic mass is 9.92. The van der Waals surface area contributed by atoms with E-state index in [1.807, 2.05) is 0 Å². The van der Waals surface area contributed by atoms with Gasteiger partial charge in [-0.25, -0.2) is 0 Å². The zero-order chi connectivity index (χ0) is 18.1. The molecule has 0 aliphatic carbocycles. The molecule has 2 N–H and O–H groups in total. The number of ketones is 1. The van der Waals surface area contributed by atoms with E-state index >= 15 is 0 Å². The summed E-state index contributed by atoms with van der Waals surface area (Å²) in [7, 11) is 0. The minimum absolute atomic E-state index is 0.0378. The molecule has 0 saturated carbocycles. The monoisotopic (exact) mass is 349 g/mol. The fourth-order valence-electron chi connectivity index (χ4n) is 2.50. The van der Waals surface area contributed by atoms with Crippen molar-refractivity contribution in [3.05, 3.63) is 77.5 Å². The number of para-hydroxylation sites is 1. The third kappa shape index (κ3) is 3.10. The standard InChI is InChI=1S/C18H14F3NO3/c19-18(20,21)17(24)14(11-22-10-12-6-2-1-3-7-12)16(23)13-8-4-5-9-15(13)25-17/h1-9,11,22,24H,10H2/b14-11+/t17-/m0/s1. The highest BCUT2D eigenvalue weighted by Gasteiger charge is 2.63. The summed E-state index contributed by atoms with van der Waals surface area (Å²) in [6.45, 7) is 0.188. The van der Waals surface area contributed by atoms with Crippen LogP contribution in [0.3, 0.4) is 0 Å². The van der Waals surface area contributed by atoms with Gasteiger partial charge in [-0.3, -0.25) is 4.79 Å². The van der Waals surface area contributed by atoms with Gasteiger partial charge >= 0.3 is 12.0 Å². The Morgan fingerprint density at radius 1 is 1.08 bits per heavy atom. The van der Waals surface area contributed by atoms with Gasteiger partial charge in [0.1, 0.15) is 5.75 Å². The topological polar surface area (TPSA) is 58.6 Å². The number of nitrogens with one attached hydrogen (secondary N) is 1. The Bertz CT molecular complexity index is 818. The second-order valence-electron chi connectivity index (χ2n) is 5.49. The number of benzene rings is 2. The number of carbonyl (C=O) groups excluding carboxylic acids is 1. The number of ether oxygens (including phenoxy) is 1. The molecule has 1 aliphatic rings. The molecular formula is C18H14F3NO3. The summed E-state index contributed by atoms with van der Waals surface area (Å²) in [4.78, 5) is 12.5. The highest BCUT2D eigenvalue weighted by atomic mass is 19.4. The number of aliphatic hydroxyl groups is 1. The van der Waals surface area contributed by atoms with Gasteiger partial charge in [0.15, 0.2) is 0 Å². The van der Waals surface area contributed by atoms with Crippen LogP contribution in [0, 0.1) is 0 Å². The van der Waals surface area contributed by atoms with Crippen LogP contribution in [-0.4, -0.2) is 22.9 Å². The predicted molar refractivity (Wildman–Crippen MR) is 83.8 cm³/mol. The molecule has 0 radical (unpaired) electrons. The van der Waals surface area contributed by atoms with Gasteiger partial charge in [-0.05, 0) is 17.7 Å². The largest absolute Gasteiger partial charge is 0.460 e. The van der Waals surface area contributed by atoms with Crippen LogP contribution in [0.2, 0.25) is 0 Å². The highest BCUT2D eigenvalue weighted by molar-refractivity contribution is 6.12. The van der Waals surface area contributed by atoms with Gasteiger partial charge in [0.25, 0.3) is 0 Å².